The van der Waals surface area contributed by atoms with Gasteiger partial charge in [0.25, 0.3) is 0 Å². The quantitative estimate of drug-likeness (QED) is 0.881. The van der Waals surface area contributed by atoms with E-state index in [2.05, 4.69) is 15.5 Å². The second-order valence-electron chi connectivity index (χ2n) is 5.10. The van der Waals surface area contributed by atoms with Gasteiger partial charge in [-0.2, -0.15) is 4.98 Å². The molecule has 0 saturated carbocycles. The largest absolute Gasteiger partial charge is 0.350 e. The van der Waals surface area contributed by atoms with Gasteiger partial charge in [-0.25, -0.2) is 0 Å². The fourth-order valence-electron chi connectivity index (χ4n) is 2.21. The zero-order valence-electron chi connectivity index (χ0n) is 12.3. The van der Waals surface area contributed by atoms with E-state index in [0.29, 0.717) is 30.0 Å². The van der Waals surface area contributed by atoms with Crippen molar-refractivity contribution < 1.29 is 14.0 Å². The number of halogens is 1. The Balaban J connectivity index is 1.54. The molecule has 22 heavy (non-hydrogen) atoms. The molecule has 0 spiro atoms. The van der Waals surface area contributed by atoms with Crippen LogP contribution in [0.3, 0.4) is 0 Å². The lowest BCUT2D eigenvalue weighted by Crippen LogP contribution is -2.24. The van der Waals surface area contributed by atoms with E-state index < -0.39 is 0 Å². The van der Waals surface area contributed by atoms with E-state index >= 15 is 0 Å². The fraction of sp³-hybridized carbons (Fsp3) is 0.467. The molecule has 6 nitrogen and oxygen atoms in total. The first-order valence-corrected chi connectivity index (χ1v) is 7.66. The number of aromatic nitrogens is 2. The molecule has 2 aromatic rings. The molecule has 118 valence electrons. The Kier molecular flexibility index (Phi) is 5.04. The third-order valence-electron chi connectivity index (χ3n) is 3.44. The van der Waals surface area contributed by atoms with Gasteiger partial charge in [0.05, 0.1) is 19.3 Å². The predicted octanol–water partition coefficient (Wildman–Crippen LogP) is 2.80. The van der Waals surface area contributed by atoms with Gasteiger partial charge in [-0.3, -0.25) is 0 Å². The van der Waals surface area contributed by atoms with Crippen LogP contribution in [0.15, 0.2) is 28.8 Å². The highest BCUT2D eigenvalue weighted by Gasteiger charge is 2.18. The summed E-state index contributed by atoms with van der Waals surface area (Å²) < 4.78 is 16.1. The van der Waals surface area contributed by atoms with Crippen LogP contribution in [0.2, 0.25) is 5.02 Å². The standard InChI is InChI=1S/C15H18ClN3O3/c1-10(17-7-6-13-20-8-9-21-13)15-18-14(19-22-15)11-2-4-12(16)5-3-11/h2-5,10,13,17H,6-9H2,1H3/t10-/m1/s1. The lowest BCUT2D eigenvalue weighted by Gasteiger charge is -2.12. The number of ether oxygens (including phenoxy) is 2. The number of benzene rings is 1. The Morgan fingerprint density at radius 1 is 1.27 bits per heavy atom. The number of hydrogen-bond acceptors (Lipinski definition) is 6. The SMILES string of the molecule is C[C@@H](NCCC1OCCO1)c1nc(-c2ccc(Cl)cc2)no1. The zero-order valence-corrected chi connectivity index (χ0v) is 13.0. The minimum Gasteiger partial charge on any atom is -0.350 e. The van der Waals surface area contributed by atoms with Crippen LogP contribution in [0, 0.1) is 0 Å². The van der Waals surface area contributed by atoms with Crippen LogP contribution >= 0.6 is 11.6 Å². The van der Waals surface area contributed by atoms with Crippen LogP contribution in [-0.2, 0) is 9.47 Å². The monoisotopic (exact) mass is 323 g/mol. The van der Waals surface area contributed by atoms with E-state index in [0.717, 1.165) is 18.5 Å². The van der Waals surface area contributed by atoms with Gasteiger partial charge in [0.15, 0.2) is 6.29 Å². The zero-order chi connectivity index (χ0) is 15.4. The maximum Gasteiger partial charge on any atom is 0.243 e. The number of nitrogens with zero attached hydrogens (tertiary/aromatic N) is 2. The van der Waals surface area contributed by atoms with Gasteiger partial charge in [-0.15, -0.1) is 0 Å². The van der Waals surface area contributed by atoms with E-state index in [1.165, 1.54) is 0 Å². The summed E-state index contributed by atoms with van der Waals surface area (Å²) in [5.74, 6) is 1.11. The van der Waals surface area contributed by atoms with E-state index in [-0.39, 0.29) is 12.3 Å². The summed E-state index contributed by atoms with van der Waals surface area (Å²) in [6, 6.07) is 7.30. The molecule has 0 aliphatic carbocycles. The fourth-order valence-corrected chi connectivity index (χ4v) is 2.33. The minimum atomic E-state index is -0.105. The van der Waals surface area contributed by atoms with Gasteiger partial charge in [0.1, 0.15) is 0 Å². The van der Waals surface area contributed by atoms with Crippen molar-refractivity contribution in [2.45, 2.75) is 25.7 Å². The van der Waals surface area contributed by atoms with Gasteiger partial charge < -0.3 is 19.3 Å². The van der Waals surface area contributed by atoms with Crippen molar-refractivity contribution in [2.24, 2.45) is 0 Å². The summed E-state index contributed by atoms with van der Waals surface area (Å²) in [6.45, 7) is 4.09. The highest BCUT2D eigenvalue weighted by Crippen LogP contribution is 2.20. The third kappa shape index (κ3) is 3.84. The molecule has 1 aliphatic rings. The molecule has 2 heterocycles. The van der Waals surface area contributed by atoms with Crippen molar-refractivity contribution in [2.75, 3.05) is 19.8 Å². The molecule has 1 aromatic heterocycles. The number of rotatable bonds is 6. The molecule has 0 unspecified atom stereocenters. The summed E-state index contributed by atoms with van der Waals surface area (Å²) in [6.07, 6.45) is 0.690. The number of hydrogen-bond donors (Lipinski definition) is 1. The van der Waals surface area contributed by atoms with Gasteiger partial charge in [0.2, 0.25) is 11.7 Å². The van der Waals surface area contributed by atoms with Crippen molar-refractivity contribution in [3.63, 3.8) is 0 Å². The third-order valence-corrected chi connectivity index (χ3v) is 3.69. The summed E-state index contributed by atoms with van der Waals surface area (Å²) in [5.41, 5.74) is 0.874. The van der Waals surface area contributed by atoms with E-state index in [1.54, 1.807) is 12.1 Å². The highest BCUT2D eigenvalue weighted by molar-refractivity contribution is 6.30. The molecule has 1 N–H and O–H groups in total. The molecule has 1 aromatic carbocycles. The van der Waals surface area contributed by atoms with Gasteiger partial charge in [0, 0.05) is 23.6 Å². The molecule has 1 aliphatic heterocycles. The smallest absolute Gasteiger partial charge is 0.243 e. The highest BCUT2D eigenvalue weighted by atomic mass is 35.5. The lowest BCUT2D eigenvalue weighted by atomic mass is 10.2. The molecule has 1 atom stereocenters. The Hall–Kier alpha value is -1.47. The topological polar surface area (TPSA) is 69.4 Å². The molecule has 3 rings (SSSR count). The minimum absolute atomic E-state index is 0.0325. The maximum absolute atomic E-state index is 5.87. The van der Waals surface area contributed by atoms with Crippen LogP contribution < -0.4 is 5.32 Å². The molecule has 0 amide bonds. The summed E-state index contributed by atoms with van der Waals surface area (Å²) in [7, 11) is 0. The normalized spacial score (nSPS) is 17.0. The van der Waals surface area contributed by atoms with Crippen LogP contribution in [0.5, 0.6) is 0 Å². The van der Waals surface area contributed by atoms with Gasteiger partial charge in [-0.1, -0.05) is 16.8 Å². The second kappa shape index (κ2) is 7.19. The van der Waals surface area contributed by atoms with Crippen molar-refractivity contribution in [1.82, 2.24) is 15.5 Å². The van der Waals surface area contributed by atoms with E-state index in [1.807, 2.05) is 19.1 Å². The number of nitrogens with one attached hydrogen (secondary N) is 1. The maximum atomic E-state index is 5.87. The molecule has 0 radical (unpaired) electrons. The van der Waals surface area contributed by atoms with Crippen LogP contribution in [0.4, 0.5) is 0 Å². The van der Waals surface area contributed by atoms with E-state index in [4.69, 9.17) is 25.6 Å². The van der Waals surface area contributed by atoms with Gasteiger partial charge in [-0.05, 0) is 31.2 Å². The second-order valence-corrected chi connectivity index (χ2v) is 5.54. The first-order chi connectivity index (χ1) is 10.7. The molecular weight excluding hydrogens is 306 g/mol. The van der Waals surface area contributed by atoms with Crippen molar-refractivity contribution in [1.29, 1.82) is 0 Å². The lowest BCUT2D eigenvalue weighted by molar-refractivity contribution is -0.0463. The molecule has 1 fully saturated rings. The Bertz CT molecular complexity index is 596. The molecule has 1 saturated heterocycles. The Morgan fingerprint density at radius 3 is 2.73 bits per heavy atom. The predicted molar refractivity (Wildman–Crippen MR) is 81.5 cm³/mol. The van der Waals surface area contributed by atoms with Crippen molar-refractivity contribution >= 4 is 11.6 Å². The first kappa shape index (κ1) is 15.4. The van der Waals surface area contributed by atoms with Crippen LogP contribution in [-0.4, -0.2) is 36.2 Å². The van der Waals surface area contributed by atoms with Crippen molar-refractivity contribution in [3.8, 4) is 11.4 Å². The van der Waals surface area contributed by atoms with Gasteiger partial charge >= 0.3 is 0 Å². The molecular formula is C15H18ClN3O3. The summed E-state index contributed by atoms with van der Waals surface area (Å²) >= 11 is 5.87. The Morgan fingerprint density at radius 2 is 2.00 bits per heavy atom. The van der Waals surface area contributed by atoms with Crippen LogP contribution in [0.25, 0.3) is 11.4 Å². The summed E-state index contributed by atoms with van der Waals surface area (Å²) in [4.78, 5) is 4.41. The average Bonchev–Trinajstić information content (AvgIpc) is 3.19. The average molecular weight is 324 g/mol. The first-order valence-electron chi connectivity index (χ1n) is 7.28. The van der Waals surface area contributed by atoms with Crippen LogP contribution in [0.1, 0.15) is 25.3 Å². The van der Waals surface area contributed by atoms with E-state index in [9.17, 15) is 0 Å². The van der Waals surface area contributed by atoms with Crippen molar-refractivity contribution in [3.05, 3.63) is 35.2 Å². The summed E-state index contributed by atoms with van der Waals surface area (Å²) in [5, 5.41) is 8.01. The molecule has 7 heteroatoms. The Labute approximate surface area is 133 Å². The molecule has 0 bridgehead atoms.